The molecule has 0 aromatic carbocycles. The molecule has 1 heterocycles. The van der Waals surface area contributed by atoms with Crippen LogP contribution in [0.5, 0.6) is 0 Å². The Morgan fingerprint density at radius 1 is 1.24 bits per heavy atom. The summed E-state index contributed by atoms with van der Waals surface area (Å²) in [4.78, 5) is 14.1. The third-order valence-electron chi connectivity index (χ3n) is 3.49. The predicted octanol–water partition coefficient (Wildman–Crippen LogP) is 1.26. The molecule has 2 unspecified atom stereocenters. The maximum Gasteiger partial charge on any atom is 0.239 e. The van der Waals surface area contributed by atoms with Crippen molar-refractivity contribution >= 4 is 5.91 Å². The second-order valence-corrected chi connectivity index (χ2v) is 5.91. The molecular weight excluding hydrogens is 216 g/mol. The molecule has 0 saturated carbocycles. The maximum absolute atomic E-state index is 12.2. The standard InChI is InChI=1S/C13H26N2O2/c1-10(14-11(2)13(3,4)5)12(16)15-6-8-17-9-7-15/h10-11,14H,6-9H2,1-5H3. The van der Waals surface area contributed by atoms with Gasteiger partial charge in [0.15, 0.2) is 0 Å². The Bertz CT molecular complexity index is 255. The van der Waals surface area contributed by atoms with E-state index in [9.17, 15) is 4.79 Å². The van der Waals surface area contributed by atoms with Crippen molar-refractivity contribution in [3.05, 3.63) is 0 Å². The average Bonchev–Trinajstić information content (AvgIpc) is 2.27. The van der Waals surface area contributed by atoms with Crippen molar-refractivity contribution in [1.82, 2.24) is 10.2 Å². The molecule has 1 rings (SSSR count). The summed E-state index contributed by atoms with van der Waals surface area (Å²) in [7, 11) is 0. The lowest BCUT2D eigenvalue weighted by Crippen LogP contribution is -2.53. The minimum absolute atomic E-state index is 0.123. The van der Waals surface area contributed by atoms with Crippen LogP contribution in [0.15, 0.2) is 0 Å². The molecule has 1 N–H and O–H groups in total. The normalized spacial score (nSPS) is 21.1. The van der Waals surface area contributed by atoms with Gasteiger partial charge in [-0.2, -0.15) is 0 Å². The van der Waals surface area contributed by atoms with E-state index in [-0.39, 0.29) is 17.4 Å². The van der Waals surface area contributed by atoms with Crippen molar-refractivity contribution < 1.29 is 9.53 Å². The molecule has 17 heavy (non-hydrogen) atoms. The van der Waals surface area contributed by atoms with E-state index in [1.54, 1.807) is 0 Å². The van der Waals surface area contributed by atoms with Crippen LogP contribution in [-0.2, 0) is 9.53 Å². The number of hydrogen-bond acceptors (Lipinski definition) is 3. The summed E-state index contributed by atoms with van der Waals surface area (Å²) in [5.41, 5.74) is 0.166. The van der Waals surface area contributed by atoms with Crippen LogP contribution in [-0.4, -0.2) is 49.2 Å². The summed E-state index contributed by atoms with van der Waals surface area (Å²) in [5.74, 6) is 0.185. The van der Waals surface area contributed by atoms with Crippen LogP contribution in [0.4, 0.5) is 0 Å². The molecule has 0 radical (unpaired) electrons. The van der Waals surface area contributed by atoms with Crippen LogP contribution in [0.25, 0.3) is 0 Å². The molecule has 1 saturated heterocycles. The van der Waals surface area contributed by atoms with Crippen LogP contribution in [0, 0.1) is 5.41 Å². The number of amides is 1. The van der Waals surface area contributed by atoms with Gasteiger partial charge in [0.25, 0.3) is 0 Å². The molecule has 0 aromatic rings. The molecule has 4 heteroatoms. The third kappa shape index (κ3) is 4.28. The summed E-state index contributed by atoms with van der Waals surface area (Å²) < 4.78 is 5.25. The van der Waals surface area contributed by atoms with Gasteiger partial charge in [0.1, 0.15) is 0 Å². The highest BCUT2D eigenvalue weighted by Crippen LogP contribution is 2.19. The van der Waals surface area contributed by atoms with E-state index >= 15 is 0 Å². The van der Waals surface area contributed by atoms with E-state index in [0.29, 0.717) is 19.3 Å². The van der Waals surface area contributed by atoms with Crippen molar-refractivity contribution in [2.45, 2.75) is 46.7 Å². The number of ether oxygens (including phenoxy) is 1. The zero-order valence-electron chi connectivity index (χ0n) is 11.7. The van der Waals surface area contributed by atoms with Gasteiger partial charge in [-0.05, 0) is 19.3 Å². The van der Waals surface area contributed by atoms with Gasteiger partial charge in [0.2, 0.25) is 5.91 Å². The molecule has 1 fully saturated rings. The monoisotopic (exact) mass is 242 g/mol. The Balaban J connectivity index is 2.46. The lowest BCUT2D eigenvalue weighted by Gasteiger charge is -2.34. The molecule has 4 nitrogen and oxygen atoms in total. The number of hydrogen-bond donors (Lipinski definition) is 1. The fourth-order valence-electron chi connectivity index (χ4n) is 1.75. The Morgan fingerprint density at radius 2 is 1.76 bits per heavy atom. The minimum atomic E-state index is -0.123. The van der Waals surface area contributed by atoms with Crippen LogP contribution in [0.2, 0.25) is 0 Å². The minimum Gasteiger partial charge on any atom is -0.378 e. The Hall–Kier alpha value is -0.610. The fraction of sp³-hybridized carbons (Fsp3) is 0.923. The smallest absolute Gasteiger partial charge is 0.239 e. The number of rotatable bonds is 3. The van der Waals surface area contributed by atoms with E-state index < -0.39 is 0 Å². The van der Waals surface area contributed by atoms with E-state index in [0.717, 1.165) is 13.1 Å². The Morgan fingerprint density at radius 3 is 2.24 bits per heavy atom. The molecule has 0 spiro atoms. The predicted molar refractivity (Wildman–Crippen MR) is 68.9 cm³/mol. The van der Waals surface area contributed by atoms with Crippen molar-refractivity contribution in [2.24, 2.45) is 5.41 Å². The van der Waals surface area contributed by atoms with E-state index in [2.05, 4.69) is 33.0 Å². The van der Waals surface area contributed by atoms with Gasteiger partial charge in [0, 0.05) is 19.1 Å². The summed E-state index contributed by atoms with van der Waals surface area (Å²) in [6, 6.07) is 0.185. The molecule has 0 aliphatic carbocycles. The molecule has 1 amide bonds. The van der Waals surface area contributed by atoms with Gasteiger partial charge in [0.05, 0.1) is 19.3 Å². The zero-order valence-corrected chi connectivity index (χ0v) is 11.7. The summed E-state index contributed by atoms with van der Waals surface area (Å²) >= 11 is 0. The van der Waals surface area contributed by atoms with Crippen molar-refractivity contribution in [1.29, 1.82) is 0 Å². The number of morpholine rings is 1. The van der Waals surface area contributed by atoms with Crippen LogP contribution in [0.3, 0.4) is 0 Å². The average molecular weight is 242 g/mol. The lowest BCUT2D eigenvalue weighted by atomic mass is 9.87. The molecular formula is C13H26N2O2. The summed E-state index contributed by atoms with van der Waals surface area (Å²) in [5, 5.41) is 3.38. The van der Waals surface area contributed by atoms with Gasteiger partial charge < -0.3 is 15.0 Å². The van der Waals surface area contributed by atoms with Gasteiger partial charge in [-0.25, -0.2) is 0 Å². The van der Waals surface area contributed by atoms with Crippen LogP contribution >= 0.6 is 0 Å². The first-order chi connectivity index (χ1) is 7.82. The molecule has 100 valence electrons. The topological polar surface area (TPSA) is 41.6 Å². The number of nitrogens with zero attached hydrogens (tertiary/aromatic N) is 1. The lowest BCUT2D eigenvalue weighted by molar-refractivity contribution is -0.137. The van der Waals surface area contributed by atoms with Crippen LogP contribution < -0.4 is 5.32 Å². The first-order valence-corrected chi connectivity index (χ1v) is 6.45. The molecule has 1 aliphatic rings. The number of carbonyl (C=O) groups excluding carboxylic acids is 1. The summed E-state index contributed by atoms with van der Waals surface area (Å²) in [6.45, 7) is 13.4. The Labute approximate surface area is 105 Å². The fourth-order valence-corrected chi connectivity index (χ4v) is 1.75. The third-order valence-corrected chi connectivity index (χ3v) is 3.49. The highest BCUT2D eigenvalue weighted by Gasteiger charge is 2.27. The van der Waals surface area contributed by atoms with Crippen molar-refractivity contribution in [3.63, 3.8) is 0 Å². The van der Waals surface area contributed by atoms with Gasteiger partial charge >= 0.3 is 0 Å². The van der Waals surface area contributed by atoms with Crippen molar-refractivity contribution in [2.75, 3.05) is 26.3 Å². The first kappa shape index (κ1) is 14.5. The quantitative estimate of drug-likeness (QED) is 0.810. The highest BCUT2D eigenvalue weighted by atomic mass is 16.5. The summed E-state index contributed by atoms with van der Waals surface area (Å²) in [6.07, 6.45) is 0. The molecule has 2 atom stereocenters. The molecule has 0 aromatic heterocycles. The maximum atomic E-state index is 12.2. The van der Waals surface area contributed by atoms with Crippen LogP contribution in [0.1, 0.15) is 34.6 Å². The van der Waals surface area contributed by atoms with E-state index in [4.69, 9.17) is 4.74 Å². The number of nitrogens with one attached hydrogen (secondary N) is 1. The van der Waals surface area contributed by atoms with Crippen molar-refractivity contribution in [3.8, 4) is 0 Å². The first-order valence-electron chi connectivity index (χ1n) is 6.45. The van der Waals surface area contributed by atoms with Gasteiger partial charge in [-0.1, -0.05) is 20.8 Å². The van der Waals surface area contributed by atoms with Gasteiger partial charge in [-0.15, -0.1) is 0 Å². The number of carbonyl (C=O) groups is 1. The van der Waals surface area contributed by atoms with E-state index in [1.807, 2.05) is 11.8 Å². The molecule has 0 bridgehead atoms. The second kappa shape index (κ2) is 5.83. The SMILES string of the molecule is CC(NC(C)C(C)(C)C)C(=O)N1CCOCC1. The Kier molecular flexibility index (Phi) is 4.95. The highest BCUT2D eigenvalue weighted by molar-refractivity contribution is 5.81. The zero-order chi connectivity index (χ0) is 13.1. The van der Waals surface area contributed by atoms with Gasteiger partial charge in [-0.3, -0.25) is 4.79 Å². The second-order valence-electron chi connectivity index (χ2n) is 5.91. The largest absolute Gasteiger partial charge is 0.378 e. The van der Waals surface area contributed by atoms with E-state index in [1.165, 1.54) is 0 Å². The molecule has 1 aliphatic heterocycles.